The molecule has 0 N–H and O–H groups in total. The summed E-state index contributed by atoms with van der Waals surface area (Å²) in [6.07, 6.45) is 4.59. The van der Waals surface area contributed by atoms with Gasteiger partial charge in [-0.1, -0.05) is 30.3 Å². The second kappa shape index (κ2) is 7.25. The highest BCUT2D eigenvalue weighted by atomic mass is 16.5. The van der Waals surface area contributed by atoms with Gasteiger partial charge in [0.2, 0.25) is 0 Å². The number of rotatable bonds is 5. The lowest BCUT2D eigenvalue weighted by molar-refractivity contribution is 0.0602. The molecule has 0 spiro atoms. The van der Waals surface area contributed by atoms with Crippen molar-refractivity contribution < 1.29 is 14.3 Å². The van der Waals surface area contributed by atoms with Gasteiger partial charge in [0.15, 0.2) is 0 Å². The predicted octanol–water partition coefficient (Wildman–Crippen LogP) is 3.16. The summed E-state index contributed by atoms with van der Waals surface area (Å²) < 4.78 is 12.5. The van der Waals surface area contributed by atoms with Crippen LogP contribution in [0.3, 0.4) is 0 Å². The van der Waals surface area contributed by atoms with E-state index >= 15 is 0 Å². The molecule has 0 aliphatic rings. The van der Waals surface area contributed by atoms with Gasteiger partial charge in [0.25, 0.3) is 0 Å². The fourth-order valence-corrected chi connectivity index (χ4v) is 2.82. The van der Waals surface area contributed by atoms with E-state index in [-0.39, 0.29) is 0 Å². The maximum Gasteiger partial charge on any atom is 0.341 e. The second-order valence-corrected chi connectivity index (χ2v) is 5.76. The van der Waals surface area contributed by atoms with E-state index in [1.165, 1.54) is 19.6 Å². The number of pyridine rings is 1. The van der Waals surface area contributed by atoms with Crippen LogP contribution < -0.4 is 4.74 Å². The Kier molecular flexibility index (Phi) is 4.49. The summed E-state index contributed by atoms with van der Waals surface area (Å²) in [5, 5.41) is 4.36. The Labute approximate surface area is 155 Å². The van der Waals surface area contributed by atoms with Gasteiger partial charge in [-0.05, 0) is 23.8 Å². The number of methoxy groups -OCH3 is 1. The normalized spacial score (nSPS) is 10.7. The number of carbonyl (C=O) groups is 1. The van der Waals surface area contributed by atoms with Crippen molar-refractivity contribution in [3.8, 4) is 17.1 Å². The Morgan fingerprint density at radius 1 is 1.11 bits per heavy atom. The number of aromatic nitrogens is 4. The zero-order chi connectivity index (χ0) is 18.6. The van der Waals surface area contributed by atoms with E-state index in [1.54, 1.807) is 16.8 Å². The minimum absolute atomic E-state index is 0.330. The summed E-state index contributed by atoms with van der Waals surface area (Å²) in [4.78, 5) is 20.4. The average Bonchev–Trinajstić information content (AvgIpc) is 3.18. The minimum Gasteiger partial charge on any atom is -0.487 e. The summed E-state index contributed by atoms with van der Waals surface area (Å²) in [7, 11) is 1.34. The van der Waals surface area contributed by atoms with E-state index < -0.39 is 5.97 Å². The first-order chi connectivity index (χ1) is 13.3. The lowest BCUT2D eigenvalue weighted by Crippen LogP contribution is -2.04. The number of benzene rings is 1. The van der Waals surface area contributed by atoms with Gasteiger partial charge in [0.05, 0.1) is 24.7 Å². The zero-order valence-corrected chi connectivity index (χ0v) is 14.6. The van der Waals surface area contributed by atoms with E-state index in [0.717, 1.165) is 11.3 Å². The molecule has 4 aromatic rings. The van der Waals surface area contributed by atoms with Gasteiger partial charge in [0, 0.05) is 6.20 Å². The maximum atomic E-state index is 12.2. The fourth-order valence-electron chi connectivity index (χ4n) is 2.82. The molecule has 3 aromatic heterocycles. The molecule has 0 aliphatic carbocycles. The standard InChI is InChI=1S/C20H16N4O3/c1-26-20(25)15-11-23-24-17(16-9-10-21-13-22-16)7-8-18(19(15)24)27-12-14-5-3-2-4-6-14/h2-11,13H,12H2,1H3. The molecule has 7 nitrogen and oxygen atoms in total. The van der Waals surface area contributed by atoms with Crippen molar-refractivity contribution in [1.29, 1.82) is 0 Å². The number of esters is 1. The van der Waals surface area contributed by atoms with Crippen molar-refractivity contribution in [3.05, 3.63) is 78.4 Å². The van der Waals surface area contributed by atoms with Crippen LogP contribution in [0, 0.1) is 0 Å². The second-order valence-electron chi connectivity index (χ2n) is 5.76. The monoisotopic (exact) mass is 360 g/mol. The van der Waals surface area contributed by atoms with Crippen molar-refractivity contribution in [3.63, 3.8) is 0 Å². The Balaban J connectivity index is 1.81. The fraction of sp³-hybridized carbons (Fsp3) is 0.100. The number of hydrogen-bond acceptors (Lipinski definition) is 6. The highest BCUT2D eigenvalue weighted by Crippen LogP contribution is 2.29. The first kappa shape index (κ1) is 16.7. The van der Waals surface area contributed by atoms with Crippen molar-refractivity contribution >= 4 is 11.5 Å². The van der Waals surface area contributed by atoms with Crippen molar-refractivity contribution in [2.75, 3.05) is 7.11 Å². The first-order valence-electron chi connectivity index (χ1n) is 8.30. The molecule has 134 valence electrons. The topological polar surface area (TPSA) is 78.6 Å². The van der Waals surface area contributed by atoms with Gasteiger partial charge in [-0.25, -0.2) is 19.3 Å². The molecule has 0 unspecified atom stereocenters. The van der Waals surface area contributed by atoms with Crippen LogP contribution in [-0.2, 0) is 11.3 Å². The summed E-state index contributed by atoms with van der Waals surface area (Å²) in [5.74, 6) is 0.0592. The van der Waals surface area contributed by atoms with Crippen LogP contribution >= 0.6 is 0 Å². The predicted molar refractivity (Wildman–Crippen MR) is 98.3 cm³/mol. The summed E-state index contributed by atoms with van der Waals surface area (Å²) in [6.45, 7) is 0.370. The van der Waals surface area contributed by atoms with E-state index in [1.807, 2.05) is 42.5 Å². The van der Waals surface area contributed by atoms with Gasteiger partial charge in [-0.2, -0.15) is 5.10 Å². The molecule has 4 rings (SSSR count). The van der Waals surface area contributed by atoms with E-state index in [9.17, 15) is 4.79 Å². The van der Waals surface area contributed by atoms with Crippen LogP contribution in [0.15, 0.2) is 67.3 Å². The number of carbonyl (C=O) groups excluding carboxylic acids is 1. The molecule has 3 heterocycles. The Hall–Kier alpha value is -3.74. The molecule has 0 radical (unpaired) electrons. The van der Waals surface area contributed by atoms with Crippen molar-refractivity contribution in [2.24, 2.45) is 0 Å². The number of hydrogen-bond donors (Lipinski definition) is 0. The van der Waals surface area contributed by atoms with Gasteiger partial charge >= 0.3 is 5.97 Å². The zero-order valence-electron chi connectivity index (χ0n) is 14.6. The molecule has 7 heteroatoms. The number of ether oxygens (including phenoxy) is 2. The van der Waals surface area contributed by atoms with Crippen LogP contribution in [-0.4, -0.2) is 32.7 Å². The third-order valence-corrected chi connectivity index (χ3v) is 4.11. The minimum atomic E-state index is -0.477. The van der Waals surface area contributed by atoms with Crippen LogP contribution in [0.2, 0.25) is 0 Å². The molecule has 1 aromatic carbocycles. The van der Waals surface area contributed by atoms with Gasteiger partial charge < -0.3 is 9.47 Å². The highest BCUT2D eigenvalue weighted by Gasteiger charge is 2.20. The van der Waals surface area contributed by atoms with Gasteiger partial charge in [-0.15, -0.1) is 0 Å². The summed E-state index contributed by atoms with van der Waals surface area (Å²) in [5.41, 5.74) is 3.29. The molecule has 27 heavy (non-hydrogen) atoms. The molecular weight excluding hydrogens is 344 g/mol. The summed E-state index contributed by atoms with van der Waals surface area (Å²) in [6, 6.07) is 15.2. The third kappa shape index (κ3) is 3.22. The SMILES string of the molecule is COC(=O)c1cnn2c(-c3ccncn3)ccc(OCc3ccccc3)c12. The molecule has 0 saturated carbocycles. The highest BCUT2D eigenvalue weighted by molar-refractivity contribution is 5.99. The maximum absolute atomic E-state index is 12.2. The van der Waals surface area contributed by atoms with Crippen LogP contribution in [0.25, 0.3) is 16.9 Å². The molecule has 0 atom stereocenters. The van der Waals surface area contributed by atoms with Crippen LogP contribution in [0.5, 0.6) is 5.75 Å². The van der Waals surface area contributed by atoms with E-state index in [2.05, 4.69) is 15.1 Å². The van der Waals surface area contributed by atoms with Crippen LogP contribution in [0.1, 0.15) is 15.9 Å². The lowest BCUT2D eigenvalue weighted by atomic mass is 10.2. The quantitative estimate of drug-likeness (QED) is 0.509. The number of nitrogens with zero attached hydrogens (tertiary/aromatic N) is 4. The molecule has 0 aliphatic heterocycles. The summed E-state index contributed by atoms with van der Waals surface area (Å²) >= 11 is 0. The largest absolute Gasteiger partial charge is 0.487 e. The molecular formula is C20H16N4O3. The van der Waals surface area contributed by atoms with Crippen LogP contribution in [0.4, 0.5) is 0 Å². The van der Waals surface area contributed by atoms with Crippen molar-refractivity contribution in [1.82, 2.24) is 19.6 Å². The Bertz CT molecular complexity index is 1080. The third-order valence-electron chi connectivity index (χ3n) is 4.11. The molecule has 0 bridgehead atoms. The van der Waals surface area contributed by atoms with Gasteiger partial charge in [-0.3, -0.25) is 0 Å². The molecule has 0 saturated heterocycles. The van der Waals surface area contributed by atoms with Crippen molar-refractivity contribution in [2.45, 2.75) is 6.61 Å². The Morgan fingerprint density at radius 3 is 2.70 bits per heavy atom. The smallest absolute Gasteiger partial charge is 0.341 e. The molecule has 0 fully saturated rings. The Morgan fingerprint density at radius 2 is 1.96 bits per heavy atom. The number of fused-ring (bicyclic) bond motifs is 1. The first-order valence-corrected chi connectivity index (χ1v) is 8.30. The van der Waals surface area contributed by atoms with Gasteiger partial charge in [0.1, 0.15) is 29.8 Å². The lowest BCUT2D eigenvalue weighted by Gasteiger charge is -2.11. The molecule has 0 amide bonds. The average molecular weight is 360 g/mol. The van der Waals surface area contributed by atoms with E-state index in [4.69, 9.17) is 9.47 Å². The van der Waals surface area contributed by atoms with E-state index in [0.29, 0.717) is 29.1 Å².